The average Bonchev–Trinajstić information content (AvgIpc) is 3.26. The van der Waals surface area contributed by atoms with Crippen molar-refractivity contribution in [1.29, 1.82) is 0 Å². The zero-order valence-electron chi connectivity index (χ0n) is 23.0. The molecule has 0 aliphatic rings. The van der Waals surface area contributed by atoms with E-state index in [9.17, 15) is 9.59 Å². The second-order valence-electron chi connectivity index (χ2n) is 10.1. The number of terminal acetylenes is 1. The number of carbonyl (C=O) groups is 1. The number of nitrogens with zero attached hydrogens (tertiary/aromatic N) is 2. The topological polar surface area (TPSA) is 79.4 Å². The van der Waals surface area contributed by atoms with E-state index in [1.807, 2.05) is 94.4 Å². The van der Waals surface area contributed by atoms with E-state index in [0.29, 0.717) is 13.1 Å². The van der Waals surface area contributed by atoms with Crippen LogP contribution < -0.4 is 10.9 Å². The minimum atomic E-state index is -0.546. The van der Waals surface area contributed by atoms with E-state index in [1.165, 1.54) is 0 Å². The summed E-state index contributed by atoms with van der Waals surface area (Å²) < 4.78 is 7.41. The maximum absolute atomic E-state index is 12.9. The van der Waals surface area contributed by atoms with E-state index in [-0.39, 0.29) is 11.7 Å². The minimum Gasteiger partial charge on any atom is -0.444 e. The number of benzene rings is 3. The Labute approximate surface area is 230 Å². The Morgan fingerprint density at radius 3 is 2.05 bits per heavy atom. The van der Waals surface area contributed by atoms with Gasteiger partial charge in [0.2, 0.25) is 0 Å². The second-order valence-corrected chi connectivity index (χ2v) is 10.1. The summed E-state index contributed by atoms with van der Waals surface area (Å²) in [5.74, 6) is 0. The van der Waals surface area contributed by atoms with Gasteiger partial charge in [-0.1, -0.05) is 42.5 Å². The number of aromatic amines is 1. The van der Waals surface area contributed by atoms with Crippen molar-refractivity contribution in [3.05, 3.63) is 112 Å². The summed E-state index contributed by atoms with van der Waals surface area (Å²) >= 11 is 0. The van der Waals surface area contributed by atoms with Crippen LogP contribution in [0, 0.1) is 19.8 Å². The minimum absolute atomic E-state index is 0.117. The molecular formula is C32H36N4O3. The van der Waals surface area contributed by atoms with E-state index in [1.54, 1.807) is 15.6 Å². The highest BCUT2D eigenvalue weighted by Gasteiger charge is 2.22. The fourth-order valence-corrected chi connectivity index (χ4v) is 4.00. The van der Waals surface area contributed by atoms with E-state index in [2.05, 4.69) is 35.4 Å². The number of aromatic nitrogens is 2. The monoisotopic (exact) mass is 524 g/mol. The molecule has 7 nitrogen and oxygen atoms in total. The largest absolute Gasteiger partial charge is 0.444 e. The standard InChI is InChI=1S/C30H34N4O3.C2H2/c1-22-20-28(35)32-34(22)27-16-14-26(15-17-27)31-25-12-10-23(11-13-25)18-19-33(29(36)37-30(2,3)4)21-24-8-6-5-7-9-24;1-2/h5-17,20,31H,18-19,21H2,1-4H3,(H,32,35);1-2H. The van der Waals surface area contributed by atoms with Gasteiger partial charge in [-0.2, -0.15) is 0 Å². The lowest BCUT2D eigenvalue weighted by atomic mass is 10.1. The van der Waals surface area contributed by atoms with Crippen molar-refractivity contribution in [3.8, 4) is 18.5 Å². The number of H-pyrrole nitrogens is 1. The van der Waals surface area contributed by atoms with Crippen molar-refractivity contribution in [2.24, 2.45) is 0 Å². The molecule has 0 radical (unpaired) electrons. The predicted octanol–water partition coefficient (Wildman–Crippen LogP) is 6.45. The van der Waals surface area contributed by atoms with Crippen LogP contribution in [-0.4, -0.2) is 32.9 Å². The highest BCUT2D eigenvalue weighted by molar-refractivity contribution is 5.68. The fourth-order valence-electron chi connectivity index (χ4n) is 4.00. The van der Waals surface area contributed by atoms with Crippen LogP contribution in [0.15, 0.2) is 89.7 Å². The molecule has 0 saturated carbocycles. The molecule has 0 unspecified atom stereocenters. The zero-order chi connectivity index (χ0) is 28.4. The van der Waals surface area contributed by atoms with E-state index >= 15 is 0 Å². The molecule has 0 aliphatic carbocycles. The molecule has 0 aliphatic heterocycles. The number of carbonyl (C=O) groups excluding carboxylic acids is 1. The molecule has 4 aromatic rings. The lowest BCUT2D eigenvalue weighted by Gasteiger charge is -2.27. The van der Waals surface area contributed by atoms with Gasteiger partial charge in [-0.15, -0.1) is 12.8 Å². The fraction of sp³-hybridized carbons (Fsp3) is 0.250. The summed E-state index contributed by atoms with van der Waals surface area (Å²) in [4.78, 5) is 26.2. The van der Waals surface area contributed by atoms with Gasteiger partial charge in [0.05, 0.1) is 5.69 Å². The molecule has 3 aromatic carbocycles. The van der Waals surface area contributed by atoms with Crippen LogP contribution in [0.3, 0.4) is 0 Å². The first kappa shape index (κ1) is 28.9. The Kier molecular flexibility index (Phi) is 9.77. The molecule has 0 spiro atoms. The van der Waals surface area contributed by atoms with E-state index < -0.39 is 5.60 Å². The number of nitrogens with one attached hydrogen (secondary N) is 2. The van der Waals surface area contributed by atoms with Crippen LogP contribution >= 0.6 is 0 Å². The second kappa shape index (κ2) is 13.2. The Morgan fingerprint density at radius 2 is 1.51 bits per heavy atom. The summed E-state index contributed by atoms with van der Waals surface area (Å²) in [6, 6.07) is 27.6. The Morgan fingerprint density at radius 1 is 0.923 bits per heavy atom. The molecular weight excluding hydrogens is 488 g/mol. The van der Waals surface area contributed by atoms with Gasteiger partial charge in [0.1, 0.15) is 5.60 Å². The molecule has 39 heavy (non-hydrogen) atoms. The van der Waals surface area contributed by atoms with E-state index in [0.717, 1.165) is 40.3 Å². The van der Waals surface area contributed by atoms with Crippen molar-refractivity contribution >= 4 is 17.5 Å². The normalized spacial score (nSPS) is 10.7. The van der Waals surface area contributed by atoms with Crippen molar-refractivity contribution in [2.45, 2.75) is 46.3 Å². The smallest absolute Gasteiger partial charge is 0.410 e. The van der Waals surface area contributed by atoms with Crippen molar-refractivity contribution in [1.82, 2.24) is 14.7 Å². The first-order chi connectivity index (χ1) is 18.7. The maximum Gasteiger partial charge on any atom is 0.410 e. The van der Waals surface area contributed by atoms with Gasteiger partial charge in [0, 0.05) is 36.2 Å². The molecule has 1 amide bonds. The van der Waals surface area contributed by atoms with Crippen LogP contribution in [0.5, 0.6) is 0 Å². The van der Waals surface area contributed by atoms with Gasteiger partial charge in [-0.3, -0.25) is 14.6 Å². The Balaban J connectivity index is 0.00000205. The van der Waals surface area contributed by atoms with Gasteiger partial charge < -0.3 is 15.0 Å². The third-order valence-electron chi connectivity index (χ3n) is 5.82. The summed E-state index contributed by atoms with van der Waals surface area (Å²) in [6.07, 6.45) is 8.41. The molecule has 1 heterocycles. The first-order valence-corrected chi connectivity index (χ1v) is 12.8. The summed E-state index contributed by atoms with van der Waals surface area (Å²) in [5, 5.41) is 6.20. The number of aryl methyl sites for hydroxylation is 1. The summed E-state index contributed by atoms with van der Waals surface area (Å²) in [5.41, 5.74) is 5.20. The number of amides is 1. The molecule has 1 aromatic heterocycles. The van der Waals surface area contributed by atoms with Crippen LogP contribution in [-0.2, 0) is 17.7 Å². The molecule has 0 saturated heterocycles. The molecule has 0 atom stereocenters. The van der Waals surface area contributed by atoms with Crippen molar-refractivity contribution < 1.29 is 9.53 Å². The quantitative estimate of drug-likeness (QED) is 0.260. The van der Waals surface area contributed by atoms with Crippen LogP contribution in [0.25, 0.3) is 5.69 Å². The molecule has 0 bridgehead atoms. The molecule has 4 rings (SSSR count). The van der Waals surface area contributed by atoms with Crippen LogP contribution in [0.2, 0.25) is 0 Å². The SMILES string of the molecule is C#C.Cc1cc(=O)[nH]n1-c1ccc(Nc2ccc(CCN(Cc3ccccc3)C(=O)OC(C)(C)C)cc2)cc1. The number of ether oxygens (including phenoxy) is 1. The van der Waals surface area contributed by atoms with Crippen LogP contribution in [0.4, 0.5) is 16.2 Å². The third kappa shape index (κ3) is 8.68. The summed E-state index contributed by atoms with van der Waals surface area (Å²) in [7, 11) is 0. The van der Waals surface area contributed by atoms with Gasteiger partial charge in [-0.25, -0.2) is 4.79 Å². The zero-order valence-corrected chi connectivity index (χ0v) is 23.0. The third-order valence-corrected chi connectivity index (χ3v) is 5.82. The lowest BCUT2D eigenvalue weighted by Crippen LogP contribution is -2.37. The lowest BCUT2D eigenvalue weighted by molar-refractivity contribution is 0.0236. The highest BCUT2D eigenvalue weighted by atomic mass is 16.6. The van der Waals surface area contributed by atoms with Gasteiger partial charge in [-0.05, 0) is 81.6 Å². The molecule has 0 fully saturated rings. The number of hydrogen-bond acceptors (Lipinski definition) is 4. The van der Waals surface area contributed by atoms with Gasteiger partial charge >= 0.3 is 6.09 Å². The van der Waals surface area contributed by atoms with Crippen molar-refractivity contribution in [2.75, 3.05) is 11.9 Å². The maximum atomic E-state index is 12.9. The van der Waals surface area contributed by atoms with Gasteiger partial charge in [0.25, 0.3) is 5.56 Å². The number of hydrogen-bond donors (Lipinski definition) is 2. The van der Waals surface area contributed by atoms with Crippen LogP contribution in [0.1, 0.15) is 37.6 Å². The summed E-state index contributed by atoms with van der Waals surface area (Å²) in [6.45, 7) is 8.59. The Bertz CT molecular complexity index is 1410. The van der Waals surface area contributed by atoms with E-state index in [4.69, 9.17) is 4.74 Å². The predicted molar refractivity (Wildman–Crippen MR) is 158 cm³/mol. The molecule has 7 heteroatoms. The van der Waals surface area contributed by atoms with Crippen molar-refractivity contribution in [3.63, 3.8) is 0 Å². The Hall–Kier alpha value is -4.70. The molecule has 202 valence electrons. The number of anilines is 2. The average molecular weight is 525 g/mol. The van der Waals surface area contributed by atoms with Gasteiger partial charge in [0.15, 0.2) is 0 Å². The number of rotatable bonds is 8. The first-order valence-electron chi connectivity index (χ1n) is 12.8. The highest BCUT2D eigenvalue weighted by Crippen LogP contribution is 2.20. The molecule has 2 N–H and O–H groups in total.